The highest BCUT2D eigenvalue weighted by Gasteiger charge is 2.09. The fraction of sp³-hybridized carbons (Fsp3) is 0.200. The van der Waals surface area contributed by atoms with Crippen LogP contribution in [-0.2, 0) is 14.8 Å². The molecule has 0 amide bonds. The Labute approximate surface area is 98.9 Å². The van der Waals surface area contributed by atoms with Gasteiger partial charge >= 0.3 is 0 Å². The van der Waals surface area contributed by atoms with Gasteiger partial charge in [0.05, 0.1) is 5.75 Å². The Morgan fingerprint density at radius 1 is 1.40 bits per heavy atom. The third-order valence-electron chi connectivity index (χ3n) is 1.79. The van der Waals surface area contributed by atoms with Gasteiger partial charge < -0.3 is 0 Å². The van der Waals surface area contributed by atoms with Crippen molar-refractivity contribution in [3.8, 4) is 0 Å². The fourth-order valence-corrected chi connectivity index (χ4v) is 2.38. The topological polar surface area (TPSA) is 34.1 Å². The van der Waals surface area contributed by atoms with Crippen molar-refractivity contribution in [3.63, 3.8) is 0 Å². The number of hydrogen-bond acceptors (Lipinski definition) is 2. The van der Waals surface area contributed by atoms with E-state index in [-0.39, 0.29) is 5.75 Å². The number of halogens is 2. The van der Waals surface area contributed by atoms with Gasteiger partial charge in [-0.2, -0.15) is 0 Å². The van der Waals surface area contributed by atoms with Crippen molar-refractivity contribution in [1.82, 2.24) is 0 Å². The molecule has 82 valence electrons. The summed E-state index contributed by atoms with van der Waals surface area (Å²) >= 11 is 5.84. The van der Waals surface area contributed by atoms with Crippen LogP contribution in [0.1, 0.15) is 18.1 Å². The molecule has 2 nitrogen and oxygen atoms in total. The minimum Gasteiger partial charge on any atom is -0.212 e. The number of hydrogen-bond donors (Lipinski definition) is 0. The summed E-state index contributed by atoms with van der Waals surface area (Å²) in [6.07, 6.45) is 0. The molecule has 0 N–H and O–H groups in total. The Kier molecular flexibility index (Phi) is 3.82. The molecule has 1 aromatic carbocycles. The molecule has 1 aromatic rings. The molecule has 0 saturated carbocycles. The summed E-state index contributed by atoms with van der Waals surface area (Å²) in [5.41, 5.74) is 2.21. The van der Waals surface area contributed by atoms with Crippen LogP contribution in [0.4, 0.5) is 0 Å². The van der Waals surface area contributed by atoms with E-state index < -0.39 is 9.05 Å². The first-order chi connectivity index (χ1) is 6.78. The van der Waals surface area contributed by atoms with E-state index in [1.807, 2.05) is 6.92 Å². The highest BCUT2D eigenvalue weighted by Crippen LogP contribution is 2.22. The van der Waals surface area contributed by atoms with Crippen LogP contribution in [0.5, 0.6) is 0 Å². The molecule has 0 bridgehead atoms. The number of benzene rings is 1. The van der Waals surface area contributed by atoms with E-state index in [9.17, 15) is 8.42 Å². The average molecular weight is 265 g/mol. The van der Waals surface area contributed by atoms with Crippen molar-refractivity contribution in [2.75, 3.05) is 0 Å². The molecule has 0 aliphatic rings. The maximum atomic E-state index is 10.9. The van der Waals surface area contributed by atoms with Crippen LogP contribution in [0.15, 0.2) is 24.8 Å². The zero-order valence-corrected chi connectivity index (χ0v) is 10.5. The van der Waals surface area contributed by atoms with E-state index in [0.717, 1.165) is 11.1 Å². The molecule has 0 aliphatic heterocycles. The predicted octanol–water partition coefficient (Wildman–Crippen LogP) is 3.44. The average Bonchev–Trinajstić information content (AvgIpc) is 1.99. The highest BCUT2D eigenvalue weighted by molar-refractivity contribution is 8.13. The van der Waals surface area contributed by atoms with E-state index in [2.05, 4.69) is 6.58 Å². The van der Waals surface area contributed by atoms with E-state index in [1.165, 1.54) is 0 Å². The quantitative estimate of drug-likeness (QED) is 0.784. The first-order valence-corrected chi connectivity index (χ1v) is 7.01. The second-order valence-electron chi connectivity index (χ2n) is 3.31. The van der Waals surface area contributed by atoms with Gasteiger partial charge in [0.2, 0.25) is 9.05 Å². The fourth-order valence-electron chi connectivity index (χ4n) is 1.18. The zero-order valence-electron chi connectivity index (χ0n) is 8.13. The summed E-state index contributed by atoms with van der Waals surface area (Å²) in [5, 5.41) is 0.478. The summed E-state index contributed by atoms with van der Waals surface area (Å²) in [6, 6.07) is 5.02. The minimum absolute atomic E-state index is 0.227. The smallest absolute Gasteiger partial charge is 0.212 e. The Balaban J connectivity index is 3.15. The highest BCUT2D eigenvalue weighted by atomic mass is 35.7. The standard InChI is InChI=1S/C10H10Cl2O2S/c1-7(2)9-3-8(4-10(11)5-9)6-15(12,13)14/h3-5H,1,6H2,2H3. The largest absolute Gasteiger partial charge is 0.236 e. The van der Waals surface area contributed by atoms with Crippen molar-refractivity contribution < 1.29 is 8.42 Å². The van der Waals surface area contributed by atoms with Gasteiger partial charge in [0.15, 0.2) is 0 Å². The van der Waals surface area contributed by atoms with Gasteiger partial charge in [-0.3, -0.25) is 0 Å². The SMILES string of the molecule is C=C(C)c1cc(Cl)cc(CS(=O)(=O)Cl)c1. The van der Waals surface area contributed by atoms with Crippen molar-refractivity contribution in [2.24, 2.45) is 0 Å². The van der Waals surface area contributed by atoms with E-state index >= 15 is 0 Å². The third kappa shape index (κ3) is 4.24. The zero-order chi connectivity index (χ0) is 11.6. The monoisotopic (exact) mass is 264 g/mol. The van der Waals surface area contributed by atoms with E-state index in [1.54, 1.807) is 18.2 Å². The predicted molar refractivity (Wildman–Crippen MR) is 64.6 cm³/mol. The third-order valence-corrected chi connectivity index (χ3v) is 3.01. The second kappa shape index (κ2) is 4.56. The summed E-state index contributed by atoms with van der Waals surface area (Å²) < 4.78 is 21.8. The lowest BCUT2D eigenvalue weighted by atomic mass is 10.1. The van der Waals surface area contributed by atoms with Gasteiger partial charge in [-0.15, -0.1) is 0 Å². The second-order valence-corrected chi connectivity index (χ2v) is 6.53. The van der Waals surface area contributed by atoms with Gasteiger partial charge in [-0.25, -0.2) is 8.42 Å². The van der Waals surface area contributed by atoms with Gasteiger partial charge in [-0.1, -0.05) is 29.8 Å². The van der Waals surface area contributed by atoms with Gasteiger partial charge in [0, 0.05) is 15.7 Å². The number of rotatable bonds is 3. The van der Waals surface area contributed by atoms with Crippen LogP contribution < -0.4 is 0 Å². The first kappa shape index (κ1) is 12.6. The lowest BCUT2D eigenvalue weighted by molar-refractivity contribution is 0.609. The summed E-state index contributed by atoms with van der Waals surface area (Å²) in [4.78, 5) is 0. The maximum absolute atomic E-state index is 10.9. The Morgan fingerprint density at radius 3 is 2.47 bits per heavy atom. The van der Waals surface area contributed by atoms with Crippen LogP contribution >= 0.6 is 22.3 Å². The van der Waals surface area contributed by atoms with Gasteiger partial charge in [-0.05, 0) is 30.2 Å². The van der Waals surface area contributed by atoms with Gasteiger partial charge in [0.1, 0.15) is 0 Å². The van der Waals surface area contributed by atoms with E-state index in [4.69, 9.17) is 22.3 Å². The molecule has 0 atom stereocenters. The molecular formula is C10H10Cl2O2S. The molecule has 0 spiro atoms. The molecule has 5 heteroatoms. The first-order valence-electron chi connectivity index (χ1n) is 4.15. The molecule has 1 rings (SSSR count). The van der Waals surface area contributed by atoms with Gasteiger partial charge in [0.25, 0.3) is 0 Å². The van der Waals surface area contributed by atoms with E-state index in [0.29, 0.717) is 10.6 Å². The van der Waals surface area contributed by atoms with Crippen LogP contribution in [0.25, 0.3) is 5.57 Å². The molecule has 0 radical (unpaired) electrons. The van der Waals surface area contributed by atoms with Crippen LogP contribution in [-0.4, -0.2) is 8.42 Å². The molecule has 0 unspecified atom stereocenters. The Bertz CT molecular complexity index is 492. The molecule has 0 saturated heterocycles. The summed E-state index contributed by atoms with van der Waals surface area (Å²) in [5.74, 6) is -0.227. The van der Waals surface area contributed by atoms with Crippen LogP contribution in [0.2, 0.25) is 5.02 Å². The normalized spacial score (nSPS) is 11.4. The maximum Gasteiger partial charge on any atom is 0.236 e. The van der Waals surface area contributed by atoms with Crippen molar-refractivity contribution in [1.29, 1.82) is 0 Å². The molecule has 0 heterocycles. The molecular weight excluding hydrogens is 255 g/mol. The molecule has 15 heavy (non-hydrogen) atoms. The van der Waals surface area contributed by atoms with Crippen LogP contribution in [0, 0.1) is 0 Å². The number of allylic oxidation sites excluding steroid dienone is 1. The Hall–Kier alpha value is -0.510. The molecule has 0 aliphatic carbocycles. The Morgan fingerprint density at radius 2 is 2.00 bits per heavy atom. The van der Waals surface area contributed by atoms with Crippen molar-refractivity contribution in [3.05, 3.63) is 40.9 Å². The molecule has 0 aromatic heterocycles. The van der Waals surface area contributed by atoms with Crippen molar-refractivity contribution in [2.45, 2.75) is 12.7 Å². The summed E-state index contributed by atoms with van der Waals surface area (Å²) in [6.45, 7) is 5.59. The summed E-state index contributed by atoms with van der Waals surface area (Å²) in [7, 11) is 1.61. The van der Waals surface area contributed by atoms with Crippen LogP contribution in [0.3, 0.4) is 0 Å². The molecule has 0 fully saturated rings. The minimum atomic E-state index is -3.55. The van der Waals surface area contributed by atoms with Crippen molar-refractivity contribution >= 4 is 36.9 Å². The lowest BCUT2D eigenvalue weighted by Crippen LogP contribution is -1.96. The lowest BCUT2D eigenvalue weighted by Gasteiger charge is -2.04.